The molecule has 1 aromatic heterocycles. The summed E-state index contributed by atoms with van der Waals surface area (Å²) in [6.07, 6.45) is 2.26. The number of carbonyl (C=O) groups excluding carboxylic acids is 1. The van der Waals surface area contributed by atoms with Crippen LogP contribution in [-0.2, 0) is 4.79 Å². The van der Waals surface area contributed by atoms with Gasteiger partial charge in [0.1, 0.15) is 5.75 Å². The maximum absolute atomic E-state index is 12.9. The SMILES string of the molecule is COc1ccc(C2CC(c3ccccc3)=NN2C(=O)COc2ccccn2)cc1. The standard InChI is InChI=1S/C23H21N3O3/c1-28-19-12-10-18(11-13-19)21-15-20(17-7-3-2-4-8-17)25-26(21)23(27)16-29-22-9-5-6-14-24-22/h2-14,21H,15-16H2,1H3. The van der Waals surface area contributed by atoms with Crippen LogP contribution in [0.4, 0.5) is 0 Å². The van der Waals surface area contributed by atoms with E-state index in [0.29, 0.717) is 12.3 Å². The molecule has 0 radical (unpaired) electrons. The zero-order chi connectivity index (χ0) is 20.1. The summed E-state index contributed by atoms with van der Waals surface area (Å²) in [6.45, 7) is -0.130. The van der Waals surface area contributed by atoms with Crippen LogP contribution in [0.5, 0.6) is 11.6 Å². The number of pyridine rings is 1. The van der Waals surface area contributed by atoms with E-state index < -0.39 is 0 Å². The van der Waals surface area contributed by atoms with Crippen LogP contribution in [0.25, 0.3) is 0 Å². The largest absolute Gasteiger partial charge is 0.497 e. The smallest absolute Gasteiger partial charge is 0.281 e. The maximum atomic E-state index is 12.9. The summed E-state index contributed by atoms with van der Waals surface area (Å²) in [5.74, 6) is 0.961. The number of rotatable bonds is 6. The van der Waals surface area contributed by atoms with Crippen LogP contribution < -0.4 is 9.47 Å². The summed E-state index contributed by atoms with van der Waals surface area (Å²) in [7, 11) is 1.63. The molecule has 1 aliphatic heterocycles. The van der Waals surface area contributed by atoms with Gasteiger partial charge in [-0.2, -0.15) is 5.10 Å². The van der Waals surface area contributed by atoms with Crippen molar-refractivity contribution in [1.29, 1.82) is 0 Å². The van der Waals surface area contributed by atoms with E-state index in [4.69, 9.17) is 9.47 Å². The molecule has 0 aliphatic carbocycles. The molecule has 146 valence electrons. The summed E-state index contributed by atoms with van der Waals surface area (Å²) in [5.41, 5.74) is 2.87. The van der Waals surface area contributed by atoms with Gasteiger partial charge >= 0.3 is 0 Å². The van der Waals surface area contributed by atoms with Crippen LogP contribution in [0.2, 0.25) is 0 Å². The van der Waals surface area contributed by atoms with Crippen LogP contribution in [0.1, 0.15) is 23.6 Å². The second-order valence-corrected chi connectivity index (χ2v) is 6.60. The first kappa shape index (κ1) is 18.7. The molecule has 1 aliphatic rings. The van der Waals surface area contributed by atoms with Crippen molar-refractivity contribution in [3.8, 4) is 11.6 Å². The van der Waals surface area contributed by atoms with Gasteiger partial charge in [-0.15, -0.1) is 0 Å². The van der Waals surface area contributed by atoms with E-state index >= 15 is 0 Å². The molecule has 1 atom stereocenters. The molecule has 6 nitrogen and oxygen atoms in total. The molecule has 0 spiro atoms. The summed E-state index contributed by atoms with van der Waals surface area (Å²) in [6, 6.07) is 22.7. The summed E-state index contributed by atoms with van der Waals surface area (Å²) in [4.78, 5) is 17.0. The van der Waals surface area contributed by atoms with Gasteiger partial charge in [-0.1, -0.05) is 48.5 Å². The zero-order valence-corrected chi connectivity index (χ0v) is 16.1. The molecule has 29 heavy (non-hydrogen) atoms. The van der Waals surface area contributed by atoms with Crippen molar-refractivity contribution in [1.82, 2.24) is 9.99 Å². The maximum Gasteiger partial charge on any atom is 0.281 e. The van der Waals surface area contributed by atoms with Crippen molar-refractivity contribution in [2.24, 2.45) is 5.10 Å². The predicted molar refractivity (Wildman–Crippen MR) is 110 cm³/mol. The Morgan fingerprint density at radius 3 is 2.48 bits per heavy atom. The van der Waals surface area contributed by atoms with Gasteiger partial charge in [0.15, 0.2) is 6.61 Å². The molecule has 2 aromatic carbocycles. The Hall–Kier alpha value is -3.67. The number of hydrazone groups is 1. The molecule has 1 amide bonds. The summed E-state index contributed by atoms with van der Waals surface area (Å²) in [5, 5.41) is 6.16. The molecular weight excluding hydrogens is 366 g/mol. The molecule has 0 saturated heterocycles. The molecule has 6 heteroatoms. The second-order valence-electron chi connectivity index (χ2n) is 6.60. The molecule has 1 unspecified atom stereocenters. The van der Waals surface area contributed by atoms with E-state index in [-0.39, 0.29) is 18.6 Å². The Kier molecular flexibility index (Phi) is 5.52. The Bertz CT molecular complexity index is 989. The highest BCUT2D eigenvalue weighted by atomic mass is 16.5. The highest BCUT2D eigenvalue weighted by molar-refractivity contribution is 6.03. The Morgan fingerprint density at radius 1 is 1.03 bits per heavy atom. The van der Waals surface area contributed by atoms with Gasteiger partial charge in [0.25, 0.3) is 5.91 Å². The second kappa shape index (κ2) is 8.56. The van der Waals surface area contributed by atoms with Gasteiger partial charge in [-0.25, -0.2) is 9.99 Å². The number of methoxy groups -OCH3 is 1. The number of aromatic nitrogens is 1. The highest BCUT2D eigenvalue weighted by Gasteiger charge is 2.33. The van der Waals surface area contributed by atoms with E-state index in [2.05, 4.69) is 10.1 Å². The summed E-state index contributed by atoms with van der Waals surface area (Å²) >= 11 is 0. The van der Waals surface area contributed by atoms with Crippen LogP contribution in [0, 0.1) is 0 Å². The van der Waals surface area contributed by atoms with E-state index in [0.717, 1.165) is 22.6 Å². The third-order valence-electron chi connectivity index (χ3n) is 4.75. The molecule has 3 aromatic rings. The van der Waals surface area contributed by atoms with Crippen molar-refractivity contribution in [3.05, 3.63) is 90.1 Å². The first-order valence-corrected chi connectivity index (χ1v) is 9.37. The normalized spacial score (nSPS) is 15.7. The average Bonchev–Trinajstić information content (AvgIpc) is 3.24. The van der Waals surface area contributed by atoms with Crippen molar-refractivity contribution in [2.75, 3.05) is 13.7 Å². The van der Waals surface area contributed by atoms with Gasteiger partial charge in [0.05, 0.1) is 18.9 Å². The summed E-state index contributed by atoms with van der Waals surface area (Å²) < 4.78 is 10.8. The van der Waals surface area contributed by atoms with Crippen molar-refractivity contribution in [3.63, 3.8) is 0 Å². The number of hydrogen-bond donors (Lipinski definition) is 0. The minimum absolute atomic E-state index is 0.130. The first-order valence-electron chi connectivity index (χ1n) is 9.37. The Morgan fingerprint density at radius 2 is 1.79 bits per heavy atom. The number of ether oxygens (including phenoxy) is 2. The molecular formula is C23H21N3O3. The molecule has 0 N–H and O–H groups in total. The van der Waals surface area contributed by atoms with Crippen molar-refractivity contribution in [2.45, 2.75) is 12.5 Å². The lowest BCUT2D eigenvalue weighted by molar-refractivity contribution is -0.135. The van der Waals surface area contributed by atoms with Crippen LogP contribution in [0.15, 0.2) is 84.1 Å². The van der Waals surface area contributed by atoms with Gasteiger partial charge in [-0.3, -0.25) is 4.79 Å². The monoisotopic (exact) mass is 387 g/mol. The van der Waals surface area contributed by atoms with E-state index in [1.807, 2.05) is 60.7 Å². The molecule has 2 heterocycles. The van der Waals surface area contributed by atoms with Gasteiger partial charge in [-0.05, 0) is 29.3 Å². The number of nitrogens with zero attached hydrogens (tertiary/aromatic N) is 3. The van der Waals surface area contributed by atoms with Crippen molar-refractivity contribution >= 4 is 11.6 Å². The van der Waals surface area contributed by atoms with Gasteiger partial charge < -0.3 is 9.47 Å². The quantitative estimate of drug-likeness (QED) is 0.645. The van der Waals surface area contributed by atoms with Crippen LogP contribution in [-0.4, -0.2) is 35.3 Å². The first-order chi connectivity index (χ1) is 14.2. The van der Waals surface area contributed by atoms with Crippen molar-refractivity contribution < 1.29 is 14.3 Å². The molecule has 4 rings (SSSR count). The molecule has 0 bridgehead atoms. The van der Waals surface area contributed by atoms with Crippen LogP contribution >= 0.6 is 0 Å². The third-order valence-corrected chi connectivity index (χ3v) is 4.75. The fourth-order valence-electron chi connectivity index (χ4n) is 3.27. The topological polar surface area (TPSA) is 64.0 Å². The zero-order valence-electron chi connectivity index (χ0n) is 16.1. The lowest BCUT2D eigenvalue weighted by Crippen LogP contribution is -2.31. The van der Waals surface area contributed by atoms with Gasteiger partial charge in [0, 0.05) is 18.7 Å². The third kappa shape index (κ3) is 4.27. The fourth-order valence-corrected chi connectivity index (χ4v) is 3.27. The number of benzene rings is 2. The van der Waals surface area contributed by atoms with E-state index in [1.165, 1.54) is 5.01 Å². The lowest BCUT2D eigenvalue weighted by Gasteiger charge is -2.22. The van der Waals surface area contributed by atoms with Crippen LogP contribution in [0.3, 0.4) is 0 Å². The predicted octanol–water partition coefficient (Wildman–Crippen LogP) is 3.85. The lowest BCUT2D eigenvalue weighted by atomic mass is 9.98. The average molecular weight is 387 g/mol. The number of carbonyl (C=O) groups is 1. The Balaban J connectivity index is 1.57. The van der Waals surface area contributed by atoms with E-state index in [9.17, 15) is 4.79 Å². The minimum atomic E-state index is -0.220. The number of hydrogen-bond acceptors (Lipinski definition) is 5. The Labute approximate surface area is 169 Å². The van der Waals surface area contributed by atoms with E-state index in [1.54, 1.807) is 25.4 Å². The minimum Gasteiger partial charge on any atom is -0.497 e. The number of amides is 1. The highest BCUT2D eigenvalue weighted by Crippen LogP contribution is 2.33. The molecule has 0 fully saturated rings. The van der Waals surface area contributed by atoms with Gasteiger partial charge in [0.2, 0.25) is 5.88 Å². The molecule has 0 saturated carbocycles. The fraction of sp³-hybridized carbons (Fsp3) is 0.174.